The van der Waals surface area contributed by atoms with Crippen molar-refractivity contribution in [3.05, 3.63) is 30.0 Å². The minimum atomic E-state index is -0.157. The lowest BCUT2D eigenvalue weighted by atomic mass is 10.1. The Balaban J connectivity index is 1.71. The molecule has 1 saturated carbocycles. The summed E-state index contributed by atoms with van der Waals surface area (Å²) >= 11 is 0. The van der Waals surface area contributed by atoms with Crippen LogP contribution in [0, 0.1) is 5.92 Å². The van der Waals surface area contributed by atoms with Crippen LogP contribution in [0.3, 0.4) is 0 Å². The van der Waals surface area contributed by atoms with Crippen LogP contribution in [-0.2, 0) is 16.1 Å². The number of hydrogen-bond donors (Lipinski definition) is 0. The zero-order valence-corrected chi connectivity index (χ0v) is 12.5. The molecule has 0 atom stereocenters. The van der Waals surface area contributed by atoms with E-state index in [-0.39, 0.29) is 18.5 Å². The molecule has 1 fully saturated rings. The van der Waals surface area contributed by atoms with E-state index < -0.39 is 0 Å². The van der Waals surface area contributed by atoms with Gasteiger partial charge in [-0.1, -0.05) is 5.16 Å². The minimum absolute atomic E-state index is 0.0808. The van der Waals surface area contributed by atoms with Crippen molar-refractivity contribution in [1.82, 2.24) is 5.16 Å². The van der Waals surface area contributed by atoms with Gasteiger partial charge in [0.1, 0.15) is 12.3 Å². The molecule has 1 aromatic heterocycles. The van der Waals surface area contributed by atoms with Crippen LogP contribution in [0.25, 0.3) is 11.3 Å². The van der Waals surface area contributed by atoms with E-state index in [2.05, 4.69) is 5.16 Å². The summed E-state index contributed by atoms with van der Waals surface area (Å²) < 4.78 is 20.9. The van der Waals surface area contributed by atoms with Crippen LogP contribution >= 0.6 is 0 Å². The molecule has 1 aliphatic rings. The molecule has 6 heteroatoms. The normalized spacial score (nSPS) is 13.7. The van der Waals surface area contributed by atoms with E-state index in [4.69, 9.17) is 18.7 Å². The molecule has 0 unspecified atom stereocenters. The van der Waals surface area contributed by atoms with Crippen molar-refractivity contribution in [3.63, 3.8) is 0 Å². The summed E-state index contributed by atoms with van der Waals surface area (Å²) in [4.78, 5) is 11.5. The molecule has 1 aromatic carbocycles. The van der Waals surface area contributed by atoms with Crippen LogP contribution in [0.2, 0.25) is 0 Å². The van der Waals surface area contributed by atoms with Crippen molar-refractivity contribution in [3.8, 4) is 22.8 Å². The summed E-state index contributed by atoms with van der Waals surface area (Å²) in [5, 5.41) is 3.92. The van der Waals surface area contributed by atoms with E-state index in [1.54, 1.807) is 32.4 Å². The first kappa shape index (κ1) is 14.4. The van der Waals surface area contributed by atoms with Gasteiger partial charge in [-0.15, -0.1) is 0 Å². The Morgan fingerprint density at radius 1 is 1.23 bits per heavy atom. The highest BCUT2D eigenvalue weighted by Gasteiger charge is 2.31. The number of aromatic nitrogens is 1. The molecule has 2 aromatic rings. The Kier molecular flexibility index (Phi) is 4.00. The molecule has 3 rings (SSSR count). The number of methoxy groups -OCH3 is 2. The molecule has 6 nitrogen and oxygen atoms in total. The quantitative estimate of drug-likeness (QED) is 0.764. The van der Waals surface area contributed by atoms with E-state index in [9.17, 15) is 4.79 Å². The third kappa shape index (κ3) is 3.05. The third-order valence-electron chi connectivity index (χ3n) is 3.50. The molecule has 0 spiro atoms. The third-order valence-corrected chi connectivity index (χ3v) is 3.50. The Morgan fingerprint density at radius 3 is 2.68 bits per heavy atom. The SMILES string of the molecule is COc1ccc(-c2cc(COC(=O)C3CC3)no2)cc1OC. The lowest BCUT2D eigenvalue weighted by molar-refractivity contribution is -0.146. The molecule has 22 heavy (non-hydrogen) atoms. The topological polar surface area (TPSA) is 70.8 Å². The van der Waals surface area contributed by atoms with Crippen LogP contribution in [-0.4, -0.2) is 25.3 Å². The maximum Gasteiger partial charge on any atom is 0.309 e. The molecule has 116 valence electrons. The second kappa shape index (κ2) is 6.09. The van der Waals surface area contributed by atoms with Gasteiger partial charge in [-0.25, -0.2) is 0 Å². The molecule has 0 radical (unpaired) electrons. The highest BCUT2D eigenvalue weighted by molar-refractivity contribution is 5.74. The zero-order valence-electron chi connectivity index (χ0n) is 12.5. The van der Waals surface area contributed by atoms with Gasteiger partial charge in [-0.3, -0.25) is 4.79 Å². The summed E-state index contributed by atoms with van der Waals surface area (Å²) in [6, 6.07) is 7.20. The van der Waals surface area contributed by atoms with E-state index in [1.165, 1.54) is 0 Å². The van der Waals surface area contributed by atoms with Gasteiger partial charge in [0.05, 0.1) is 20.1 Å². The predicted octanol–water partition coefficient (Wildman–Crippen LogP) is 2.81. The Bertz CT molecular complexity index is 675. The summed E-state index contributed by atoms with van der Waals surface area (Å²) in [5.41, 5.74) is 1.39. The molecule has 1 heterocycles. The van der Waals surface area contributed by atoms with Gasteiger partial charge in [0.15, 0.2) is 17.3 Å². The van der Waals surface area contributed by atoms with Gasteiger partial charge >= 0.3 is 5.97 Å². The molecule has 0 saturated heterocycles. The number of benzene rings is 1. The Morgan fingerprint density at radius 2 is 2.00 bits per heavy atom. The maximum atomic E-state index is 11.5. The van der Waals surface area contributed by atoms with Crippen LogP contribution < -0.4 is 9.47 Å². The summed E-state index contributed by atoms with van der Waals surface area (Å²) in [5.74, 6) is 1.76. The number of hydrogen-bond acceptors (Lipinski definition) is 6. The van der Waals surface area contributed by atoms with Crippen molar-refractivity contribution in [1.29, 1.82) is 0 Å². The number of nitrogens with zero attached hydrogens (tertiary/aromatic N) is 1. The molecule has 1 aliphatic carbocycles. The standard InChI is InChI=1S/C16H17NO5/c1-19-13-6-5-11(7-15(13)20-2)14-8-12(17-22-14)9-21-16(18)10-3-4-10/h5-8,10H,3-4,9H2,1-2H3. The van der Waals surface area contributed by atoms with Crippen molar-refractivity contribution in [2.24, 2.45) is 5.92 Å². The van der Waals surface area contributed by atoms with E-state index in [1.807, 2.05) is 6.07 Å². The summed E-state index contributed by atoms with van der Waals surface area (Å²) in [7, 11) is 3.16. The van der Waals surface area contributed by atoms with Crippen LogP contribution in [0.15, 0.2) is 28.8 Å². The van der Waals surface area contributed by atoms with Crippen LogP contribution in [0.5, 0.6) is 11.5 Å². The van der Waals surface area contributed by atoms with Crippen molar-refractivity contribution < 1.29 is 23.5 Å². The summed E-state index contributed by atoms with van der Waals surface area (Å²) in [6.45, 7) is 0.131. The monoisotopic (exact) mass is 303 g/mol. The van der Waals surface area contributed by atoms with Crippen molar-refractivity contribution in [2.45, 2.75) is 19.4 Å². The van der Waals surface area contributed by atoms with Gasteiger partial charge in [0, 0.05) is 11.6 Å². The molecule has 0 aliphatic heterocycles. The smallest absolute Gasteiger partial charge is 0.309 e. The second-order valence-electron chi connectivity index (χ2n) is 5.13. The van der Waals surface area contributed by atoms with Gasteiger partial charge in [0.25, 0.3) is 0 Å². The minimum Gasteiger partial charge on any atom is -0.493 e. The average Bonchev–Trinajstić information content (AvgIpc) is 3.30. The predicted molar refractivity (Wildman–Crippen MR) is 77.6 cm³/mol. The van der Waals surface area contributed by atoms with E-state index in [0.29, 0.717) is 23.0 Å². The van der Waals surface area contributed by atoms with E-state index >= 15 is 0 Å². The lowest BCUT2D eigenvalue weighted by Crippen LogP contribution is -2.06. The molecule has 0 bridgehead atoms. The second-order valence-corrected chi connectivity index (χ2v) is 5.13. The number of carbonyl (C=O) groups is 1. The zero-order chi connectivity index (χ0) is 15.5. The average molecular weight is 303 g/mol. The largest absolute Gasteiger partial charge is 0.493 e. The molecular weight excluding hydrogens is 286 g/mol. The molecular formula is C16H17NO5. The highest BCUT2D eigenvalue weighted by Crippen LogP contribution is 2.33. The van der Waals surface area contributed by atoms with Crippen molar-refractivity contribution in [2.75, 3.05) is 14.2 Å². The first-order chi connectivity index (χ1) is 10.7. The number of rotatable bonds is 6. The van der Waals surface area contributed by atoms with Gasteiger partial charge in [-0.05, 0) is 31.0 Å². The van der Waals surface area contributed by atoms with Crippen LogP contribution in [0.1, 0.15) is 18.5 Å². The number of carbonyl (C=O) groups excluding carboxylic acids is 1. The van der Waals surface area contributed by atoms with Gasteiger partial charge in [0.2, 0.25) is 0 Å². The van der Waals surface area contributed by atoms with Gasteiger partial charge < -0.3 is 18.7 Å². The molecule has 0 amide bonds. The number of esters is 1. The van der Waals surface area contributed by atoms with Crippen molar-refractivity contribution >= 4 is 5.97 Å². The molecule has 0 N–H and O–H groups in total. The summed E-state index contributed by atoms with van der Waals surface area (Å²) in [6.07, 6.45) is 1.85. The Labute approximate surface area is 128 Å². The first-order valence-corrected chi connectivity index (χ1v) is 7.06. The lowest BCUT2D eigenvalue weighted by Gasteiger charge is -2.07. The van der Waals surface area contributed by atoms with Gasteiger partial charge in [-0.2, -0.15) is 0 Å². The maximum absolute atomic E-state index is 11.5. The van der Waals surface area contributed by atoms with E-state index in [0.717, 1.165) is 18.4 Å². The first-order valence-electron chi connectivity index (χ1n) is 7.06. The Hall–Kier alpha value is -2.50. The fraction of sp³-hybridized carbons (Fsp3) is 0.375. The number of ether oxygens (including phenoxy) is 3. The fourth-order valence-corrected chi connectivity index (χ4v) is 2.09. The fourth-order valence-electron chi connectivity index (χ4n) is 2.09. The highest BCUT2D eigenvalue weighted by atomic mass is 16.5. The van der Waals surface area contributed by atoms with Crippen LogP contribution in [0.4, 0.5) is 0 Å².